The van der Waals surface area contributed by atoms with E-state index < -0.39 is 15.1 Å². The lowest BCUT2D eigenvalue weighted by Crippen LogP contribution is -2.52. The summed E-state index contributed by atoms with van der Waals surface area (Å²) in [6.07, 6.45) is 1.09. The van der Waals surface area contributed by atoms with Gasteiger partial charge in [-0.3, -0.25) is 4.79 Å². The molecule has 1 heterocycles. The van der Waals surface area contributed by atoms with Gasteiger partial charge in [-0.2, -0.15) is 0 Å². The van der Waals surface area contributed by atoms with Gasteiger partial charge in [-0.05, 0) is 13.0 Å². The summed E-state index contributed by atoms with van der Waals surface area (Å²) in [6.45, 7) is 3.14. The molecule has 2 atom stereocenters. The molecule has 0 spiro atoms. The summed E-state index contributed by atoms with van der Waals surface area (Å²) in [4.78, 5) is 14.2. The van der Waals surface area contributed by atoms with Gasteiger partial charge in [0.2, 0.25) is 5.91 Å². The summed E-state index contributed by atoms with van der Waals surface area (Å²) in [7, 11) is -1.83. The topological polar surface area (TPSA) is 75.7 Å². The maximum Gasteiger partial charge on any atom is 0.241 e. The third-order valence-corrected chi connectivity index (χ3v) is 5.50. The van der Waals surface area contributed by atoms with Crippen molar-refractivity contribution in [1.82, 2.24) is 10.2 Å². The average molecular weight is 326 g/mol. The van der Waals surface area contributed by atoms with Crippen LogP contribution in [0, 0.1) is 0 Å². The fourth-order valence-corrected chi connectivity index (χ4v) is 3.11. The first kappa shape index (κ1) is 16.8. The van der Waals surface area contributed by atoms with Crippen LogP contribution in [0.4, 0.5) is 0 Å². The van der Waals surface area contributed by atoms with Crippen molar-refractivity contribution in [1.29, 1.82) is 0 Å². The number of piperazine rings is 1. The molecule has 1 N–H and O–H groups in total. The van der Waals surface area contributed by atoms with Crippen molar-refractivity contribution >= 4 is 15.7 Å². The van der Waals surface area contributed by atoms with Gasteiger partial charge in [0.05, 0.1) is 13.2 Å². The quantitative estimate of drug-likeness (QED) is 0.877. The number of rotatable bonds is 4. The molecule has 1 amide bonds. The van der Waals surface area contributed by atoms with Crippen LogP contribution in [-0.4, -0.2) is 57.5 Å². The van der Waals surface area contributed by atoms with Crippen LogP contribution in [0.5, 0.6) is 5.75 Å². The predicted molar refractivity (Wildman–Crippen MR) is 84.6 cm³/mol. The van der Waals surface area contributed by atoms with Crippen LogP contribution < -0.4 is 10.1 Å². The smallest absolute Gasteiger partial charge is 0.241 e. The second-order valence-corrected chi connectivity index (χ2v) is 7.83. The molecular weight excluding hydrogens is 304 g/mol. The summed E-state index contributed by atoms with van der Waals surface area (Å²) in [5, 5.41) is 2.21. The van der Waals surface area contributed by atoms with Crippen molar-refractivity contribution in [3.63, 3.8) is 0 Å². The van der Waals surface area contributed by atoms with Crippen LogP contribution in [-0.2, 0) is 14.6 Å². The van der Waals surface area contributed by atoms with Crippen LogP contribution in [0.3, 0.4) is 0 Å². The Kier molecular flexibility index (Phi) is 5.08. The number of amides is 1. The van der Waals surface area contributed by atoms with Gasteiger partial charge in [0.15, 0.2) is 9.84 Å². The molecule has 0 bridgehead atoms. The molecule has 0 aliphatic carbocycles. The fraction of sp³-hybridized carbons (Fsp3) is 0.533. The van der Waals surface area contributed by atoms with E-state index in [1.54, 1.807) is 12.0 Å². The summed E-state index contributed by atoms with van der Waals surface area (Å²) < 4.78 is 28.8. The SMILES string of the molecule is COc1ccccc1C1CNCCN1C(=O)C(C)S(C)(=O)=O. The first-order chi connectivity index (χ1) is 10.4. The Bertz CT molecular complexity index is 645. The maximum absolute atomic E-state index is 12.6. The van der Waals surface area contributed by atoms with E-state index in [2.05, 4.69) is 5.32 Å². The van der Waals surface area contributed by atoms with Crippen LogP contribution >= 0.6 is 0 Å². The van der Waals surface area contributed by atoms with Crippen molar-refractivity contribution in [2.45, 2.75) is 18.2 Å². The molecule has 1 aliphatic rings. The molecular formula is C15H22N2O4S. The van der Waals surface area contributed by atoms with Gasteiger partial charge >= 0.3 is 0 Å². The van der Waals surface area contributed by atoms with Crippen molar-refractivity contribution in [2.24, 2.45) is 0 Å². The number of benzene rings is 1. The van der Waals surface area contributed by atoms with E-state index in [9.17, 15) is 13.2 Å². The van der Waals surface area contributed by atoms with Gasteiger partial charge < -0.3 is 15.0 Å². The first-order valence-electron chi connectivity index (χ1n) is 7.19. The molecule has 2 unspecified atom stereocenters. The van der Waals surface area contributed by atoms with Gasteiger partial charge in [-0.1, -0.05) is 18.2 Å². The molecule has 6 nitrogen and oxygen atoms in total. The number of methoxy groups -OCH3 is 1. The van der Waals surface area contributed by atoms with Gasteiger partial charge in [-0.15, -0.1) is 0 Å². The molecule has 1 aromatic rings. The molecule has 1 saturated heterocycles. The monoisotopic (exact) mass is 326 g/mol. The zero-order valence-electron chi connectivity index (χ0n) is 13.1. The molecule has 0 radical (unpaired) electrons. The Morgan fingerprint density at radius 3 is 2.73 bits per heavy atom. The van der Waals surface area contributed by atoms with Crippen molar-refractivity contribution < 1.29 is 17.9 Å². The lowest BCUT2D eigenvalue weighted by Gasteiger charge is -2.38. The highest BCUT2D eigenvalue weighted by atomic mass is 32.2. The number of nitrogens with one attached hydrogen (secondary N) is 1. The third-order valence-electron chi connectivity index (χ3n) is 4.01. The summed E-state index contributed by atoms with van der Waals surface area (Å²) in [6, 6.07) is 7.26. The van der Waals surface area contributed by atoms with E-state index in [-0.39, 0.29) is 11.9 Å². The largest absolute Gasteiger partial charge is 0.496 e. The minimum absolute atomic E-state index is 0.235. The molecule has 0 aromatic heterocycles. The lowest BCUT2D eigenvalue weighted by molar-refractivity contribution is -0.133. The molecule has 7 heteroatoms. The molecule has 22 heavy (non-hydrogen) atoms. The van der Waals surface area contributed by atoms with Gasteiger partial charge in [-0.25, -0.2) is 8.42 Å². The van der Waals surface area contributed by atoms with Crippen LogP contribution in [0.25, 0.3) is 0 Å². The van der Waals surface area contributed by atoms with Crippen LogP contribution in [0.15, 0.2) is 24.3 Å². The molecule has 1 aliphatic heterocycles. The highest BCUT2D eigenvalue weighted by molar-refractivity contribution is 7.92. The van der Waals surface area contributed by atoms with E-state index in [1.165, 1.54) is 6.92 Å². The summed E-state index contributed by atoms with van der Waals surface area (Å²) >= 11 is 0. The molecule has 0 saturated carbocycles. The summed E-state index contributed by atoms with van der Waals surface area (Å²) in [5.74, 6) is 0.334. The van der Waals surface area contributed by atoms with E-state index in [4.69, 9.17) is 4.74 Å². The van der Waals surface area contributed by atoms with Gasteiger partial charge in [0.25, 0.3) is 0 Å². The Balaban J connectivity index is 2.35. The Labute approximate surface area is 131 Å². The van der Waals surface area contributed by atoms with E-state index in [0.29, 0.717) is 25.4 Å². The van der Waals surface area contributed by atoms with E-state index in [0.717, 1.165) is 11.8 Å². The second-order valence-electron chi connectivity index (χ2n) is 5.47. The summed E-state index contributed by atoms with van der Waals surface area (Å²) in [5.41, 5.74) is 0.881. The number of sulfone groups is 1. The number of carbonyl (C=O) groups excluding carboxylic acids is 1. The first-order valence-corrected chi connectivity index (χ1v) is 9.14. The van der Waals surface area contributed by atoms with Crippen molar-refractivity contribution in [3.05, 3.63) is 29.8 Å². The van der Waals surface area contributed by atoms with Crippen LogP contribution in [0.2, 0.25) is 0 Å². The van der Waals surface area contributed by atoms with Gasteiger partial charge in [0.1, 0.15) is 11.0 Å². The average Bonchev–Trinajstić information content (AvgIpc) is 2.52. The standard InChI is InChI=1S/C15H22N2O4S/c1-11(22(3,19)20)15(18)17-9-8-16-10-13(17)12-6-4-5-7-14(12)21-2/h4-7,11,13,16H,8-10H2,1-3H3. The molecule has 122 valence electrons. The predicted octanol–water partition coefficient (Wildman–Crippen LogP) is 0.601. The Morgan fingerprint density at radius 2 is 2.09 bits per heavy atom. The number of carbonyl (C=O) groups is 1. The minimum Gasteiger partial charge on any atom is -0.496 e. The normalized spacial score (nSPS) is 20.5. The Hall–Kier alpha value is -1.60. The van der Waals surface area contributed by atoms with E-state index >= 15 is 0 Å². The molecule has 2 rings (SSSR count). The number of hydrogen-bond acceptors (Lipinski definition) is 5. The van der Waals surface area contributed by atoms with Crippen molar-refractivity contribution in [2.75, 3.05) is 33.0 Å². The van der Waals surface area contributed by atoms with Gasteiger partial charge in [0, 0.05) is 31.5 Å². The second kappa shape index (κ2) is 6.66. The fourth-order valence-electron chi connectivity index (χ4n) is 2.60. The highest BCUT2D eigenvalue weighted by Crippen LogP contribution is 2.30. The van der Waals surface area contributed by atoms with E-state index in [1.807, 2.05) is 24.3 Å². The van der Waals surface area contributed by atoms with Crippen molar-refractivity contribution in [3.8, 4) is 5.75 Å². The highest BCUT2D eigenvalue weighted by Gasteiger charge is 2.35. The van der Waals surface area contributed by atoms with Crippen LogP contribution in [0.1, 0.15) is 18.5 Å². The number of nitrogens with zero attached hydrogens (tertiary/aromatic N) is 1. The molecule has 1 fully saturated rings. The zero-order valence-corrected chi connectivity index (χ0v) is 13.9. The Morgan fingerprint density at radius 1 is 1.41 bits per heavy atom. The number of hydrogen-bond donors (Lipinski definition) is 1. The minimum atomic E-state index is -3.42. The maximum atomic E-state index is 12.6. The molecule has 1 aromatic carbocycles. The number of ether oxygens (including phenoxy) is 1. The number of para-hydroxylation sites is 1. The third kappa shape index (κ3) is 3.41. The lowest BCUT2D eigenvalue weighted by atomic mass is 10.0. The zero-order chi connectivity index (χ0) is 16.3.